The summed E-state index contributed by atoms with van der Waals surface area (Å²) in [4.78, 5) is 24.1. The predicted octanol–water partition coefficient (Wildman–Crippen LogP) is 6.77. The van der Waals surface area contributed by atoms with E-state index in [1.54, 1.807) is 18.2 Å². The first-order chi connectivity index (χ1) is 21.4. The number of carbonyl (C=O) groups is 1. The molecule has 0 bridgehead atoms. The first-order valence-corrected chi connectivity index (χ1v) is 15.1. The molecule has 4 aromatic rings. The number of pyridine rings is 2. The van der Waals surface area contributed by atoms with E-state index in [1.165, 1.54) is 30.5 Å². The quantitative estimate of drug-likeness (QED) is 0.146. The van der Waals surface area contributed by atoms with Crippen LogP contribution in [-0.2, 0) is 17.9 Å². The van der Waals surface area contributed by atoms with Crippen molar-refractivity contribution in [2.75, 3.05) is 18.0 Å². The number of fused-ring (bicyclic) bond motifs is 1. The summed E-state index contributed by atoms with van der Waals surface area (Å²) < 4.78 is 71.1. The van der Waals surface area contributed by atoms with Crippen molar-refractivity contribution in [3.05, 3.63) is 83.4 Å². The average molecular weight is 645 g/mol. The Bertz CT molecular complexity index is 1740. The van der Waals surface area contributed by atoms with Gasteiger partial charge in [0, 0.05) is 51.5 Å². The number of thioether (sulfide) groups is 1. The molecule has 2 N–H and O–H groups in total. The Labute approximate surface area is 259 Å². The zero-order valence-corrected chi connectivity index (χ0v) is 24.9. The van der Waals surface area contributed by atoms with Crippen LogP contribution in [0.5, 0.6) is 0 Å². The van der Waals surface area contributed by atoms with E-state index in [2.05, 4.69) is 19.9 Å². The Morgan fingerprint density at radius 1 is 1.11 bits per heavy atom. The van der Waals surface area contributed by atoms with E-state index in [1.807, 2.05) is 19.1 Å². The monoisotopic (exact) mass is 644 g/mol. The molecule has 0 unspecified atom stereocenters. The zero-order chi connectivity index (χ0) is 31.9. The molecule has 3 heterocycles. The van der Waals surface area contributed by atoms with Gasteiger partial charge in [0.15, 0.2) is 0 Å². The molecule has 0 radical (unpaired) electrons. The highest BCUT2D eigenvalue weighted by molar-refractivity contribution is 7.99. The molecular weight excluding hydrogens is 615 g/mol. The van der Waals surface area contributed by atoms with Crippen molar-refractivity contribution in [3.8, 4) is 11.3 Å². The summed E-state index contributed by atoms with van der Waals surface area (Å²) in [5, 5.41) is 13.6. The number of benzene rings is 2. The Kier molecular flexibility index (Phi) is 8.44. The van der Waals surface area contributed by atoms with Crippen molar-refractivity contribution in [1.82, 2.24) is 15.3 Å². The molecule has 45 heavy (non-hydrogen) atoms. The number of rotatable bonds is 10. The molecule has 1 saturated carbocycles. The maximum atomic E-state index is 15.9. The Hall–Kier alpha value is -3.81. The van der Waals surface area contributed by atoms with Crippen LogP contribution in [0.2, 0.25) is 0 Å². The summed E-state index contributed by atoms with van der Waals surface area (Å²) in [6, 6.07) is 14.1. The number of aromatic nitrogens is 2. The van der Waals surface area contributed by atoms with Gasteiger partial charge in [-0.3, -0.25) is 9.78 Å². The molecule has 1 saturated heterocycles. The van der Waals surface area contributed by atoms with Gasteiger partial charge in [0.2, 0.25) is 0 Å². The van der Waals surface area contributed by atoms with Crippen LogP contribution >= 0.6 is 11.8 Å². The van der Waals surface area contributed by atoms with Crippen LogP contribution in [0.3, 0.4) is 0 Å². The topological polar surface area (TPSA) is 87.6 Å². The summed E-state index contributed by atoms with van der Waals surface area (Å²) >= 11 is 0.178. The van der Waals surface area contributed by atoms with Gasteiger partial charge in [-0.05, 0) is 67.8 Å². The van der Waals surface area contributed by atoms with Crippen molar-refractivity contribution in [3.63, 3.8) is 0 Å². The highest BCUT2D eigenvalue weighted by atomic mass is 32.2. The summed E-state index contributed by atoms with van der Waals surface area (Å²) in [5.74, 6) is -3.19. The Morgan fingerprint density at radius 3 is 2.60 bits per heavy atom. The number of hydrogen-bond acceptors (Lipinski definition) is 7. The minimum absolute atomic E-state index is 0.0198. The molecule has 1 aliphatic carbocycles. The molecule has 2 aromatic heterocycles. The van der Waals surface area contributed by atoms with Crippen molar-refractivity contribution in [1.29, 1.82) is 0 Å². The maximum Gasteiger partial charge on any atom is 0.345 e. The van der Waals surface area contributed by atoms with E-state index in [0.717, 1.165) is 31.7 Å². The first kappa shape index (κ1) is 31.2. The van der Waals surface area contributed by atoms with Gasteiger partial charge in [-0.1, -0.05) is 23.9 Å². The fourth-order valence-electron chi connectivity index (χ4n) is 6.46. The number of alkyl halides is 4. The molecular formula is C32H29F5N4O3S. The second-order valence-corrected chi connectivity index (χ2v) is 13.0. The SMILES string of the molecule is CC1(O)CC2(CN(c3cccc(-c4ccc5cnc(CNC(=O)c6cc(COC(F)F)cc(SC(F)F)c6)cc5c4F)n3)C2)C1. The largest absolute Gasteiger partial charge is 0.390 e. The van der Waals surface area contributed by atoms with Crippen LogP contribution in [0.4, 0.5) is 27.8 Å². The number of nitrogens with zero attached hydrogens (tertiary/aromatic N) is 3. The molecule has 2 fully saturated rings. The van der Waals surface area contributed by atoms with Crippen LogP contribution in [0.25, 0.3) is 22.0 Å². The number of anilines is 1. The molecule has 1 spiro atoms. The van der Waals surface area contributed by atoms with Gasteiger partial charge in [-0.15, -0.1) is 0 Å². The van der Waals surface area contributed by atoms with Crippen LogP contribution in [0, 0.1) is 11.2 Å². The third-order valence-corrected chi connectivity index (χ3v) is 8.74. The summed E-state index contributed by atoms with van der Waals surface area (Å²) in [6.07, 6.45) is 3.00. The van der Waals surface area contributed by atoms with Gasteiger partial charge < -0.3 is 20.1 Å². The normalized spacial score (nSPS) is 16.7. The second-order valence-electron chi connectivity index (χ2n) is 11.9. The van der Waals surface area contributed by atoms with E-state index in [9.17, 15) is 27.5 Å². The molecule has 6 rings (SSSR count). The average Bonchev–Trinajstić information content (AvgIpc) is 2.96. The lowest BCUT2D eigenvalue weighted by molar-refractivity contribution is -0.137. The van der Waals surface area contributed by atoms with E-state index < -0.39 is 36.3 Å². The fourth-order valence-corrected chi connectivity index (χ4v) is 7.08. The minimum atomic E-state index is -3.06. The number of ether oxygens (including phenoxy) is 1. The summed E-state index contributed by atoms with van der Waals surface area (Å²) in [5.41, 5.74) is 0.732. The van der Waals surface area contributed by atoms with E-state index in [4.69, 9.17) is 4.98 Å². The maximum absolute atomic E-state index is 15.9. The lowest BCUT2D eigenvalue weighted by Gasteiger charge is -2.62. The van der Waals surface area contributed by atoms with Crippen LogP contribution in [0.15, 0.2) is 65.7 Å². The molecule has 13 heteroatoms. The molecule has 0 atom stereocenters. The van der Waals surface area contributed by atoms with Gasteiger partial charge in [0.05, 0.1) is 30.1 Å². The Morgan fingerprint density at radius 2 is 1.89 bits per heavy atom. The summed E-state index contributed by atoms with van der Waals surface area (Å²) in [7, 11) is 0. The second kappa shape index (κ2) is 12.2. The molecule has 2 aromatic carbocycles. The zero-order valence-electron chi connectivity index (χ0n) is 24.1. The van der Waals surface area contributed by atoms with Gasteiger partial charge in [0.25, 0.3) is 11.7 Å². The van der Waals surface area contributed by atoms with Crippen molar-refractivity contribution >= 4 is 34.3 Å². The van der Waals surface area contributed by atoms with Gasteiger partial charge in [0.1, 0.15) is 11.6 Å². The fraction of sp³-hybridized carbons (Fsp3) is 0.344. The smallest absolute Gasteiger partial charge is 0.345 e. The van der Waals surface area contributed by atoms with Crippen molar-refractivity contribution in [2.24, 2.45) is 5.41 Å². The van der Waals surface area contributed by atoms with Crippen molar-refractivity contribution < 1.29 is 36.6 Å². The minimum Gasteiger partial charge on any atom is -0.390 e. The van der Waals surface area contributed by atoms with E-state index in [0.29, 0.717) is 22.3 Å². The highest BCUT2D eigenvalue weighted by Crippen LogP contribution is 2.54. The lowest BCUT2D eigenvalue weighted by Crippen LogP contribution is -2.67. The molecule has 1 amide bonds. The standard InChI is InChI=1S/C32H29F5N4O3S/c1-31(43)14-32(15-31)16-41(17-32)26-4-2-3-25(40-26)23-6-5-19-11-38-21(10-24(19)27(23)33)12-39-28(42)20-7-18(13-44-29(34)35)8-22(9-20)45-30(36)37/h2-11,29-30,43H,12-17H2,1H3,(H,39,42). The van der Waals surface area contributed by atoms with E-state index in [-0.39, 0.29) is 45.1 Å². The van der Waals surface area contributed by atoms with Crippen LogP contribution in [-0.4, -0.2) is 52.0 Å². The molecule has 7 nitrogen and oxygen atoms in total. The molecule has 1 aliphatic heterocycles. The van der Waals surface area contributed by atoms with Gasteiger partial charge in [-0.25, -0.2) is 9.37 Å². The number of amides is 1. The first-order valence-electron chi connectivity index (χ1n) is 14.2. The number of halogens is 5. The Balaban J connectivity index is 1.17. The number of hydrogen-bond donors (Lipinski definition) is 2. The van der Waals surface area contributed by atoms with Gasteiger partial charge in [-0.2, -0.15) is 17.6 Å². The third kappa shape index (κ3) is 6.90. The lowest BCUT2D eigenvalue weighted by atomic mass is 9.56. The molecule has 236 valence electrons. The van der Waals surface area contributed by atoms with Crippen molar-refractivity contribution in [2.45, 2.75) is 55.8 Å². The number of aliphatic hydroxyl groups is 1. The third-order valence-electron chi connectivity index (χ3n) is 8.05. The van der Waals surface area contributed by atoms with E-state index >= 15 is 4.39 Å². The predicted molar refractivity (Wildman–Crippen MR) is 160 cm³/mol. The summed E-state index contributed by atoms with van der Waals surface area (Å²) in [6.45, 7) is -0.301. The van der Waals surface area contributed by atoms with Crippen LogP contribution in [0.1, 0.15) is 41.4 Å². The van der Waals surface area contributed by atoms with Gasteiger partial charge >= 0.3 is 6.61 Å². The molecule has 2 aliphatic rings. The number of nitrogens with one attached hydrogen (secondary N) is 1. The number of carbonyl (C=O) groups excluding carboxylic acids is 1. The van der Waals surface area contributed by atoms with Crippen LogP contribution < -0.4 is 10.2 Å². The highest BCUT2D eigenvalue weighted by Gasteiger charge is 2.57.